The Hall–Kier alpha value is -2.21. The molecular formula is C25H37NO4S. The van der Waals surface area contributed by atoms with Crippen molar-refractivity contribution in [3.05, 3.63) is 53.0 Å². The molecule has 1 amide bonds. The Morgan fingerprint density at radius 2 is 1.84 bits per heavy atom. The summed E-state index contributed by atoms with van der Waals surface area (Å²) in [5.41, 5.74) is 2.59. The lowest BCUT2D eigenvalue weighted by Gasteiger charge is -2.20. The van der Waals surface area contributed by atoms with Crippen LogP contribution < -0.4 is 5.32 Å². The van der Waals surface area contributed by atoms with Crippen LogP contribution in [0.5, 0.6) is 0 Å². The van der Waals surface area contributed by atoms with E-state index in [4.69, 9.17) is 9.15 Å². The summed E-state index contributed by atoms with van der Waals surface area (Å²) < 4.78 is 10.5. The van der Waals surface area contributed by atoms with Gasteiger partial charge < -0.3 is 14.5 Å². The van der Waals surface area contributed by atoms with E-state index in [0.29, 0.717) is 17.9 Å². The molecule has 1 aromatic carbocycles. The normalized spacial score (nSPS) is 12.3. The highest BCUT2D eigenvalue weighted by Gasteiger charge is 2.24. The molecule has 2 rings (SSSR count). The first-order valence-corrected chi connectivity index (χ1v) is 11.2. The van der Waals surface area contributed by atoms with E-state index in [1.54, 1.807) is 23.9 Å². The molecule has 1 aromatic heterocycles. The number of furan rings is 1. The molecule has 0 unspecified atom stereocenters. The van der Waals surface area contributed by atoms with Gasteiger partial charge in [0.05, 0.1) is 12.9 Å². The molecular weight excluding hydrogens is 410 g/mol. The van der Waals surface area contributed by atoms with Crippen molar-refractivity contribution < 1.29 is 18.7 Å². The van der Waals surface area contributed by atoms with E-state index in [0.717, 1.165) is 0 Å². The lowest BCUT2D eigenvalue weighted by Crippen LogP contribution is -2.42. The van der Waals surface area contributed by atoms with Gasteiger partial charge in [-0.1, -0.05) is 54.2 Å². The largest absolute Gasteiger partial charge is 0.467 e. The summed E-state index contributed by atoms with van der Waals surface area (Å²) in [5, 5.41) is 2.72. The number of methoxy groups -OCH3 is 1. The van der Waals surface area contributed by atoms with Gasteiger partial charge in [-0.15, -0.1) is 11.8 Å². The van der Waals surface area contributed by atoms with Crippen LogP contribution in [0, 0.1) is 12.8 Å². The second kappa shape index (κ2) is 11.4. The molecule has 2 aromatic rings. The first-order chi connectivity index (χ1) is 14.0. The number of carbonyl (C=O) groups excluding carboxylic acids is 2. The zero-order valence-corrected chi connectivity index (χ0v) is 19.8. The fraction of sp³-hybridized carbons (Fsp3) is 0.520. The Morgan fingerprint density at radius 1 is 1.16 bits per heavy atom. The number of aryl methyl sites for hydroxylation is 1. The number of thioether (sulfide) groups is 1. The van der Waals surface area contributed by atoms with Crippen molar-refractivity contribution in [2.75, 3.05) is 7.11 Å². The first kappa shape index (κ1) is 26.8. The first-order valence-electron chi connectivity index (χ1n) is 10.2. The minimum atomic E-state index is -0.687. The number of ether oxygens (including phenoxy) is 1. The number of esters is 1. The van der Waals surface area contributed by atoms with E-state index in [2.05, 4.69) is 51.2 Å². The fourth-order valence-electron chi connectivity index (χ4n) is 3.01. The number of benzene rings is 1. The van der Waals surface area contributed by atoms with Gasteiger partial charge in [0.1, 0.15) is 11.8 Å². The van der Waals surface area contributed by atoms with Crippen molar-refractivity contribution in [2.45, 2.75) is 77.5 Å². The molecule has 1 atom stereocenters. The molecule has 1 N–H and O–H groups in total. The summed E-state index contributed by atoms with van der Waals surface area (Å²) in [6.07, 6.45) is 0.505. The van der Waals surface area contributed by atoms with Crippen LogP contribution in [0.15, 0.2) is 39.6 Å². The third-order valence-electron chi connectivity index (χ3n) is 4.81. The minimum Gasteiger partial charge on any atom is -0.467 e. The molecule has 172 valence electrons. The molecule has 0 fully saturated rings. The van der Waals surface area contributed by atoms with Crippen LogP contribution in [0.25, 0.3) is 0 Å². The van der Waals surface area contributed by atoms with Crippen LogP contribution in [-0.4, -0.2) is 25.0 Å². The molecule has 5 nitrogen and oxygen atoms in total. The van der Waals surface area contributed by atoms with Gasteiger partial charge in [0.2, 0.25) is 0 Å². The second-order valence-electron chi connectivity index (χ2n) is 8.96. The molecule has 0 radical (unpaired) electrons. The van der Waals surface area contributed by atoms with Gasteiger partial charge in [-0.25, -0.2) is 4.79 Å². The summed E-state index contributed by atoms with van der Waals surface area (Å²) in [6.45, 7) is 12.7. The monoisotopic (exact) mass is 447 g/mol. The van der Waals surface area contributed by atoms with Crippen molar-refractivity contribution in [3.63, 3.8) is 0 Å². The van der Waals surface area contributed by atoms with E-state index in [1.807, 2.05) is 13.8 Å². The van der Waals surface area contributed by atoms with Crippen molar-refractivity contribution in [1.29, 1.82) is 0 Å². The lowest BCUT2D eigenvalue weighted by molar-refractivity contribution is -0.143. The van der Waals surface area contributed by atoms with Crippen LogP contribution in [0.1, 0.15) is 75.9 Å². The molecule has 6 heteroatoms. The molecule has 0 aliphatic rings. The standard InChI is InChI=1S/C24H33NO4S.CH4/c1-15(2)12-19(23(27)28-7)25-22(26)20-11-10-18(29-20)14-30-21-13-17(24(4,5)6)9-8-16(21)3;/h8-11,13,15,19H,12,14H2,1-7H3,(H,25,26);1H4/t19-;/m1./s1. The van der Waals surface area contributed by atoms with Gasteiger partial charge in [-0.05, 0) is 54.0 Å². The fourth-order valence-corrected chi connectivity index (χ4v) is 3.96. The van der Waals surface area contributed by atoms with Crippen LogP contribution >= 0.6 is 11.8 Å². The predicted molar refractivity (Wildman–Crippen MR) is 128 cm³/mol. The molecule has 0 aliphatic heterocycles. The van der Waals surface area contributed by atoms with Crippen molar-refractivity contribution in [1.82, 2.24) is 5.32 Å². The maximum absolute atomic E-state index is 12.5. The number of amides is 1. The Kier molecular flexibility index (Phi) is 9.88. The highest BCUT2D eigenvalue weighted by molar-refractivity contribution is 7.98. The summed E-state index contributed by atoms with van der Waals surface area (Å²) in [7, 11) is 1.32. The molecule has 0 saturated carbocycles. The van der Waals surface area contributed by atoms with Gasteiger partial charge in [0, 0.05) is 4.90 Å². The SMILES string of the molecule is C.COC(=O)[C@@H](CC(C)C)NC(=O)c1ccc(CSc2cc(C(C)(C)C)ccc2C)o1. The third kappa shape index (κ3) is 7.76. The van der Waals surface area contributed by atoms with E-state index < -0.39 is 17.9 Å². The highest BCUT2D eigenvalue weighted by Crippen LogP contribution is 2.31. The maximum atomic E-state index is 12.5. The smallest absolute Gasteiger partial charge is 0.328 e. The maximum Gasteiger partial charge on any atom is 0.328 e. The molecule has 31 heavy (non-hydrogen) atoms. The zero-order valence-electron chi connectivity index (χ0n) is 19.0. The Labute approximate surface area is 191 Å². The second-order valence-corrected chi connectivity index (χ2v) is 9.98. The van der Waals surface area contributed by atoms with Gasteiger partial charge >= 0.3 is 5.97 Å². The van der Waals surface area contributed by atoms with Crippen molar-refractivity contribution in [3.8, 4) is 0 Å². The Bertz CT molecular complexity index is 880. The van der Waals surface area contributed by atoms with E-state index in [-0.39, 0.29) is 24.5 Å². The highest BCUT2D eigenvalue weighted by atomic mass is 32.2. The van der Waals surface area contributed by atoms with Crippen LogP contribution in [-0.2, 0) is 20.7 Å². The van der Waals surface area contributed by atoms with Gasteiger partial charge in [-0.3, -0.25) is 4.79 Å². The zero-order chi connectivity index (χ0) is 22.5. The molecule has 0 aliphatic carbocycles. The van der Waals surface area contributed by atoms with Gasteiger partial charge in [0.25, 0.3) is 5.91 Å². The topological polar surface area (TPSA) is 68.5 Å². The number of carbonyl (C=O) groups is 2. The lowest BCUT2D eigenvalue weighted by atomic mass is 9.87. The average molecular weight is 448 g/mol. The summed E-state index contributed by atoms with van der Waals surface area (Å²) in [4.78, 5) is 25.7. The Morgan fingerprint density at radius 3 is 2.42 bits per heavy atom. The number of nitrogens with one attached hydrogen (secondary N) is 1. The van der Waals surface area contributed by atoms with Crippen LogP contribution in [0.4, 0.5) is 0 Å². The number of hydrogen-bond donors (Lipinski definition) is 1. The van der Waals surface area contributed by atoms with E-state index in [1.165, 1.54) is 23.1 Å². The molecule has 0 bridgehead atoms. The quantitative estimate of drug-likeness (QED) is 0.389. The van der Waals surface area contributed by atoms with Gasteiger partial charge in [-0.2, -0.15) is 0 Å². The van der Waals surface area contributed by atoms with Gasteiger partial charge in [0.15, 0.2) is 5.76 Å². The van der Waals surface area contributed by atoms with E-state index in [9.17, 15) is 9.59 Å². The summed E-state index contributed by atoms with van der Waals surface area (Å²) in [6, 6.07) is 9.31. The summed E-state index contributed by atoms with van der Waals surface area (Å²) in [5.74, 6) is 0.910. The molecule has 1 heterocycles. The number of hydrogen-bond acceptors (Lipinski definition) is 5. The van der Waals surface area contributed by atoms with Crippen LogP contribution in [0.3, 0.4) is 0 Å². The van der Waals surface area contributed by atoms with Crippen molar-refractivity contribution >= 4 is 23.6 Å². The molecule has 0 saturated heterocycles. The van der Waals surface area contributed by atoms with Crippen molar-refractivity contribution in [2.24, 2.45) is 5.92 Å². The average Bonchev–Trinajstić information content (AvgIpc) is 3.14. The van der Waals surface area contributed by atoms with E-state index >= 15 is 0 Å². The third-order valence-corrected chi connectivity index (χ3v) is 5.99. The minimum absolute atomic E-state index is 0. The van der Waals surface area contributed by atoms with Crippen LogP contribution in [0.2, 0.25) is 0 Å². The summed E-state index contributed by atoms with van der Waals surface area (Å²) >= 11 is 1.69. The Balaban J connectivity index is 0.00000480. The number of rotatable bonds is 8. The predicted octanol–water partition coefficient (Wildman–Crippen LogP) is 6.13. The molecule has 0 spiro atoms.